The minimum Gasteiger partial charge on any atom is -0.342 e. The number of likely N-dealkylation sites (tertiary alicyclic amines) is 1. The van der Waals surface area contributed by atoms with E-state index in [4.69, 9.17) is 0 Å². The Morgan fingerprint density at radius 3 is 2.61 bits per heavy atom. The van der Waals surface area contributed by atoms with Crippen LogP contribution in [0.5, 0.6) is 0 Å². The molecule has 1 atom stereocenters. The maximum Gasteiger partial charge on any atom is 0.401 e. The minimum absolute atomic E-state index is 0.0210. The molecule has 1 aromatic carbocycles. The average molecular weight is 460 g/mol. The van der Waals surface area contributed by atoms with Crippen LogP contribution in [-0.2, 0) is 10.2 Å². The third kappa shape index (κ3) is 3.55. The van der Waals surface area contributed by atoms with E-state index in [0.29, 0.717) is 35.6 Å². The lowest BCUT2D eigenvalue weighted by Crippen LogP contribution is -2.50. The van der Waals surface area contributed by atoms with E-state index in [1.54, 1.807) is 6.07 Å². The van der Waals surface area contributed by atoms with Crippen molar-refractivity contribution in [1.82, 2.24) is 24.8 Å². The first-order valence-electron chi connectivity index (χ1n) is 10.5. The van der Waals surface area contributed by atoms with Crippen molar-refractivity contribution in [1.29, 1.82) is 0 Å². The van der Waals surface area contributed by atoms with Crippen LogP contribution >= 0.6 is 0 Å². The quantitative estimate of drug-likeness (QED) is 0.559. The van der Waals surface area contributed by atoms with Crippen LogP contribution in [0.1, 0.15) is 30.7 Å². The second-order valence-corrected chi connectivity index (χ2v) is 8.54. The summed E-state index contributed by atoms with van der Waals surface area (Å²) in [4.78, 5) is 31.9. The van der Waals surface area contributed by atoms with Gasteiger partial charge in [-0.1, -0.05) is 0 Å². The first-order valence-corrected chi connectivity index (χ1v) is 10.5. The summed E-state index contributed by atoms with van der Waals surface area (Å²) in [5.74, 6) is -0.640. The van der Waals surface area contributed by atoms with E-state index < -0.39 is 24.0 Å². The Hall–Kier alpha value is -3.37. The van der Waals surface area contributed by atoms with Crippen LogP contribution in [0.3, 0.4) is 0 Å². The van der Waals surface area contributed by atoms with E-state index in [2.05, 4.69) is 19.9 Å². The van der Waals surface area contributed by atoms with Crippen LogP contribution < -0.4 is 4.90 Å². The minimum atomic E-state index is -4.58. The summed E-state index contributed by atoms with van der Waals surface area (Å²) in [6.07, 6.45) is -0.644. The van der Waals surface area contributed by atoms with E-state index in [9.17, 15) is 22.4 Å². The molecule has 4 heterocycles. The number of alkyl halides is 3. The van der Waals surface area contributed by atoms with E-state index >= 15 is 0 Å². The highest BCUT2D eigenvalue weighted by atomic mass is 19.4. The normalized spacial score (nSPS) is 21.5. The van der Waals surface area contributed by atoms with E-state index in [1.165, 1.54) is 42.5 Å². The Morgan fingerprint density at radius 1 is 1.15 bits per heavy atom. The second kappa shape index (κ2) is 7.60. The highest BCUT2D eigenvalue weighted by molar-refractivity contribution is 5.78. The van der Waals surface area contributed by atoms with Crippen molar-refractivity contribution in [3.05, 3.63) is 54.0 Å². The van der Waals surface area contributed by atoms with Crippen LogP contribution in [0.2, 0.25) is 0 Å². The summed E-state index contributed by atoms with van der Waals surface area (Å²) < 4.78 is 56.5. The molecule has 7 nitrogen and oxygen atoms in total. The smallest absolute Gasteiger partial charge is 0.342 e. The molecule has 0 aliphatic carbocycles. The fraction of sp³-hybridized carbons (Fsp3) is 0.409. The number of aromatic nitrogens is 4. The summed E-state index contributed by atoms with van der Waals surface area (Å²) in [6.45, 7) is 1.59. The standard InChI is InChI=1S/C22H20F4N6O/c1-13(33)31-7-4-21(12-31,22(24,25)26)19-18(27-5-6-28-19)15-10-32(11-15)20-29-9-14-8-16(23)2-3-17(14)30-20/h2-3,5-6,8-9,15H,4,7,10-12H2,1H3/t21-/m1/s1. The molecule has 0 spiro atoms. The first-order chi connectivity index (χ1) is 15.7. The Balaban J connectivity index is 1.42. The highest BCUT2D eigenvalue weighted by Gasteiger charge is 2.62. The maximum atomic E-state index is 14.4. The molecule has 2 aliphatic heterocycles. The molecule has 33 heavy (non-hydrogen) atoms. The molecule has 1 amide bonds. The molecule has 0 N–H and O–H groups in total. The van der Waals surface area contributed by atoms with Crippen molar-refractivity contribution in [2.24, 2.45) is 0 Å². The fourth-order valence-corrected chi connectivity index (χ4v) is 4.62. The number of nitrogens with zero attached hydrogens (tertiary/aromatic N) is 6. The van der Waals surface area contributed by atoms with Gasteiger partial charge >= 0.3 is 6.18 Å². The number of benzene rings is 1. The lowest BCUT2D eigenvalue weighted by Gasteiger charge is -2.41. The largest absolute Gasteiger partial charge is 0.401 e. The van der Waals surface area contributed by atoms with Gasteiger partial charge in [0.15, 0.2) is 0 Å². The summed E-state index contributed by atoms with van der Waals surface area (Å²) >= 11 is 0. The summed E-state index contributed by atoms with van der Waals surface area (Å²) in [5.41, 5.74) is -1.48. The van der Waals surface area contributed by atoms with Crippen LogP contribution in [-0.4, -0.2) is 63.1 Å². The zero-order chi connectivity index (χ0) is 23.4. The first kappa shape index (κ1) is 21.5. The third-order valence-corrected chi connectivity index (χ3v) is 6.52. The van der Waals surface area contributed by atoms with Gasteiger partial charge in [0, 0.05) is 63.0 Å². The molecule has 5 rings (SSSR count). The van der Waals surface area contributed by atoms with Gasteiger partial charge in [0.2, 0.25) is 11.9 Å². The van der Waals surface area contributed by atoms with Crippen molar-refractivity contribution in [3.8, 4) is 0 Å². The molecule has 172 valence electrons. The van der Waals surface area contributed by atoms with Gasteiger partial charge < -0.3 is 9.80 Å². The van der Waals surface area contributed by atoms with Gasteiger partial charge in [-0.2, -0.15) is 13.2 Å². The van der Waals surface area contributed by atoms with E-state index in [0.717, 1.165) is 0 Å². The molecule has 0 bridgehead atoms. The molecule has 2 aromatic heterocycles. The molecule has 11 heteroatoms. The topological polar surface area (TPSA) is 75.1 Å². The van der Waals surface area contributed by atoms with Gasteiger partial charge in [-0.25, -0.2) is 14.4 Å². The zero-order valence-corrected chi connectivity index (χ0v) is 17.7. The Morgan fingerprint density at radius 2 is 1.91 bits per heavy atom. The number of carbonyl (C=O) groups excluding carboxylic acids is 1. The van der Waals surface area contributed by atoms with Crippen LogP contribution in [0, 0.1) is 5.82 Å². The van der Waals surface area contributed by atoms with Crippen molar-refractivity contribution in [2.45, 2.75) is 30.9 Å². The van der Waals surface area contributed by atoms with E-state index in [1.807, 2.05) is 4.90 Å². The van der Waals surface area contributed by atoms with Crippen LogP contribution in [0.4, 0.5) is 23.5 Å². The molecule has 3 aromatic rings. The van der Waals surface area contributed by atoms with Crippen LogP contribution in [0.15, 0.2) is 36.8 Å². The second-order valence-electron chi connectivity index (χ2n) is 8.54. The van der Waals surface area contributed by atoms with E-state index in [-0.39, 0.29) is 30.4 Å². The number of fused-ring (bicyclic) bond motifs is 1. The number of rotatable bonds is 3. The molecule has 2 aliphatic rings. The average Bonchev–Trinajstić information content (AvgIpc) is 3.20. The fourth-order valence-electron chi connectivity index (χ4n) is 4.62. The third-order valence-electron chi connectivity index (χ3n) is 6.52. The number of anilines is 1. The summed E-state index contributed by atoms with van der Waals surface area (Å²) in [6, 6.07) is 4.21. The molecular weight excluding hydrogens is 440 g/mol. The van der Waals surface area contributed by atoms with Crippen molar-refractivity contribution >= 4 is 22.8 Å². The van der Waals surface area contributed by atoms with Gasteiger partial charge in [-0.05, 0) is 24.6 Å². The predicted octanol–water partition coefficient (Wildman–Crippen LogP) is 3.22. The van der Waals surface area contributed by atoms with Crippen molar-refractivity contribution in [2.75, 3.05) is 31.1 Å². The maximum absolute atomic E-state index is 14.4. The Bertz CT molecular complexity index is 1230. The highest BCUT2D eigenvalue weighted by Crippen LogP contribution is 2.49. The van der Waals surface area contributed by atoms with Gasteiger partial charge in [-0.3, -0.25) is 14.8 Å². The van der Waals surface area contributed by atoms with Gasteiger partial charge in [0.05, 0.1) is 16.9 Å². The van der Waals surface area contributed by atoms with Crippen molar-refractivity contribution in [3.63, 3.8) is 0 Å². The number of halogens is 4. The molecule has 2 saturated heterocycles. The molecule has 0 unspecified atom stereocenters. The summed E-state index contributed by atoms with van der Waals surface area (Å²) in [5, 5.41) is 0.565. The molecular formula is C22H20F4N6O. The zero-order valence-electron chi connectivity index (χ0n) is 17.7. The molecule has 0 saturated carbocycles. The van der Waals surface area contributed by atoms with Crippen LogP contribution in [0.25, 0.3) is 10.9 Å². The summed E-state index contributed by atoms with van der Waals surface area (Å²) in [7, 11) is 0. The lowest BCUT2D eigenvalue weighted by atomic mass is 9.78. The van der Waals surface area contributed by atoms with Crippen molar-refractivity contribution < 1.29 is 22.4 Å². The number of hydrogen-bond donors (Lipinski definition) is 0. The molecule has 2 fully saturated rings. The van der Waals surface area contributed by atoms with Gasteiger partial charge in [0.25, 0.3) is 0 Å². The monoisotopic (exact) mass is 460 g/mol. The van der Waals surface area contributed by atoms with Gasteiger partial charge in [-0.15, -0.1) is 0 Å². The lowest BCUT2D eigenvalue weighted by molar-refractivity contribution is -0.188. The predicted molar refractivity (Wildman–Crippen MR) is 111 cm³/mol. The number of amides is 1. The van der Waals surface area contributed by atoms with Gasteiger partial charge in [0.1, 0.15) is 11.2 Å². The Kier molecular flexibility index (Phi) is 4.95. The molecule has 0 radical (unpaired) electrons. The Labute approximate surface area is 186 Å². The number of hydrogen-bond acceptors (Lipinski definition) is 6. The number of carbonyl (C=O) groups is 1. The SMILES string of the molecule is CC(=O)N1CC[C@@](c2nccnc2C2CN(c3ncc4cc(F)ccc4n3)C2)(C(F)(F)F)C1.